The van der Waals surface area contributed by atoms with Gasteiger partial charge in [0, 0.05) is 30.1 Å². The van der Waals surface area contributed by atoms with E-state index >= 15 is 0 Å². The number of aromatic nitrogens is 2. The van der Waals surface area contributed by atoms with E-state index in [2.05, 4.69) is 14.3 Å². The number of anilines is 2. The Morgan fingerprint density at radius 1 is 1.08 bits per heavy atom. The fourth-order valence-corrected chi connectivity index (χ4v) is 7.94. The average molecular weight is 796 g/mol. The lowest BCUT2D eigenvalue weighted by atomic mass is 10.1. The van der Waals surface area contributed by atoms with Crippen molar-refractivity contribution in [1.82, 2.24) is 9.97 Å². The zero-order valence-corrected chi connectivity index (χ0v) is 31.1. The Hall–Kier alpha value is -4.98. The van der Waals surface area contributed by atoms with Gasteiger partial charge in [-0.1, -0.05) is 12.1 Å². The normalized spacial score (nSPS) is 12.8. The summed E-state index contributed by atoms with van der Waals surface area (Å²) in [5, 5.41) is 23.0. The number of para-hydroxylation sites is 1. The summed E-state index contributed by atoms with van der Waals surface area (Å²) >= 11 is 5.91. The van der Waals surface area contributed by atoms with Crippen molar-refractivity contribution in [3.63, 3.8) is 0 Å². The molecule has 0 saturated heterocycles. The molecule has 1 N–H and O–H groups in total. The van der Waals surface area contributed by atoms with E-state index in [4.69, 9.17) is 21.1 Å². The molecule has 1 heterocycles. The van der Waals surface area contributed by atoms with Crippen molar-refractivity contribution >= 4 is 54.5 Å². The molecule has 4 aromatic rings. The fraction of sp³-hybridized carbons (Fsp3) is 0.303. The fourth-order valence-electron chi connectivity index (χ4n) is 4.95. The van der Waals surface area contributed by atoms with Crippen molar-refractivity contribution in [3.8, 4) is 17.0 Å². The highest BCUT2D eigenvalue weighted by Gasteiger charge is 2.30. The molecule has 1 amide bonds. The van der Waals surface area contributed by atoms with Gasteiger partial charge in [0.05, 0.1) is 45.0 Å². The van der Waals surface area contributed by atoms with Gasteiger partial charge in [0.25, 0.3) is 15.7 Å². The predicted octanol–water partition coefficient (Wildman–Crippen LogP) is 7.48. The SMILES string of the molecule is CC(C)(C)OC(=O)N=S(C)(=O)Cc1cc(OCCCCN(c2cc(F)ccc2-c2nc(Cl)ncc2F)S(=O)(=O)c2ccccc2N[O-])cc([N+](=O)[O-])c1. The van der Waals surface area contributed by atoms with Gasteiger partial charge < -0.3 is 20.2 Å². The average Bonchev–Trinajstić information content (AvgIpc) is 3.05. The summed E-state index contributed by atoms with van der Waals surface area (Å²) in [4.78, 5) is 30.2. The number of sulfonamides is 1. The van der Waals surface area contributed by atoms with E-state index in [1.165, 1.54) is 42.7 Å². The lowest BCUT2D eigenvalue weighted by molar-refractivity contribution is -0.385. The maximum Gasteiger partial charge on any atom is 0.442 e. The second-order valence-corrected chi connectivity index (χ2v) is 17.1. The van der Waals surface area contributed by atoms with E-state index < -0.39 is 58.6 Å². The number of rotatable bonds is 14. The topological polar surface area (TPSA) is 206 Å². The molecule has 3 aromatic carbocycles. The van der Waals surface area contributed by atoms with Crippen LogP contribution in [0.3, 0.4) is 0 Å². The summed E-state index contributed by atoms with van der Waals surface area (Å²) in [5.74, 6) is -2.15. The van der Waals surface area contributed by atoms with E-state index in [-0.39, 0.29) is 71.0 Å². The first kappa shape index (κ1) is 40.8. The van der Waals surface area contributed by atoms with Crippen molar-refractivity contribution in [2.24, 2.45) is 4.36 Å². The van der Waals surface area contributed by atoms with Gasteiger partial charge in [-0.05, 0) is 87.2 Å². The molecule has 0 saturated carbocycles. The zero-order valence-electron chi connectivity index (χ0n) is 28.7. The minimum atomic E-state index is -4.64. The maximum atomic E-state index is 15.0. The quantitative estimate of drug-likeness (QED) is 0.0571. The highest BCUT2D eigenvalue weighted by Crippen LogP contribution is 2.37. The van der Waals surface area contributed by atoms with Crippen LogP contribution in [-0.4, -0.2) is 58.6 Å². The highest BCUT2D eigenvalue weighted by atomic mass is 35.5. The third kappa shape index (κ3) is 11.0. The summed E-state index contributed by atoms with van der Waals surface area (Å²) < 4.78 is 86.4. The first-order chi connectivity index (χ1) is 24.8. The Kier molecular flexibility index (Phi) is 12.9. The van der Waals surface area contributed by atoms with E-state index in [9.17, 15) is 41.5 Å². The van der Waals surface area contributed by atoms with Gasteiger partial charge in [0.15, 0.2) is 5.82 Å². The number of hydrogen-bond donors (Lipinski definition) is 1. The van der Waals surface area contributed by atoms with Crippen LogP contribution >= 0.6 is 11.6 Å². The van der Waals surface area contributed by atoms with Gasteiger partial charge in [-0.2, -0.15) is 0 Å². The standard InChI is InChI=1S/C33H34ClF2N6O9S2/c1-33(2,3)51-32(43)40-52(4,47)20-21-15-23(42(45)46)18-24(16-21)50-14-8-7-13-41(53(48,49)29-10-6-5-9-27(29)39-44)28-17-22(35)11-12-25(28)30-26(36)19-37-31(34)38-30/h5-6,9-12,15-19,39H,7-8,13-14,20H2,1-4H3/q-1. The molecule has 0 aliphatic carbocycles. The summed E-state index contributed by atoms with van der Waals surface area (Å²) in [5.41, 5.74) is -0.665. The molecule has 0 radical (unpaired) electrons. The van der Waals surface area contributed by atoms with Crippen LogP contribution in [0.4, 0.5) is 30.6 Å². The number of halogens is 3. The molecular formula is C33H34ClF2N6O9S2-. The van der Waals surface area contributed by atoms with Crippen LogP contribution in [-0.2, 0) is 30.2 Å². The Bertz CT molecular complexity index is 2250. The summed E-state index contributed by atoms with van der Waals surface area (Å²) in [7, 11) is -7.88. The third-order valence-corrected chi connectivity index (χ3v) is 10.5. The molecule has 0 fully saturated rings. The van der Waals surface area contributed by atoms with Crippen molar-refractivity contribution in [2.75, 3.05) is 29.2 Å². The number of amides is 1. The van der Waals surface area contributed by atoms with E-state index in [0.29, 0.717) is 0 Å². The first-order valence-corrected chi connectivity index (χ1v) is 19.5. The zero-order chi connectivity index (χ0) is 39.1. The number of hydrogen-bond acceptors (Lipinski definition) is 12. The molecule has 0 aliphatic heterocycles. The number of nitrogens with zero attached hydrogens (tertiary/aromatic N) is 5. The number of unbranched alkanes of at least 4 members (excludes halogenated alkanes) is 1. The molecule has 53 heavy (non-hydrogen) atoms. The van der Waals surface area contributed by atoms with Crippen LogP contribution in [0.1, 0.15) is 39.2 Å². The molecule has 1 unspecified atom stereocenters. The molecule has 20 heteroatoms. The Balaban J connectivity index is 1.61. The largest absolute Gasteiger partial charge is 0.761 e. The number of nitrogens with one attached hydrogen (secondary N) is 1. The number of nitro groups is 1. The number of carbonyl (C=O) groups is 1. The van der Waals surface area contributed by atoms with Crippen molar-refractivity contribution < 1.29 is 40.6 Å². The van der Waals surface area contributed by atoms with Gasteiger partial charge >= 0.3 is 6.09 Å². The minimum absolute atomic E-state index is 0.0186. The van der Waals surface area contributed by atoms with Crippen LogP contribution in [0.25, 0.3) is 11.3 Å². The molecule has 15 nitrogen and oxygen atoms in total. The van der Waals surface area contributed by atoms with E-state index in [1.807, 2.05) is 0 Å². The number of non-ortho nitro benzene ring substituents is 1. The number of ether oxygens (including phenoxy) is 2. The molecule has 1 aromatic heterocycles. The third-order valence-electron chi connectivity index (χ3n) is 7.05. The Morgan fingerprint density at radius 3 is 2.47 bits per heavy atom. The first-order valence-electron chi connectivity index (χ1n) is 15.6. The van der Waals surface area contributed by atoms with Gasteiger partial charge in [-0.3, -0.25) is 14.4 Å². The lowest BCUT2D eigenvalue weighted by Gasteiger charge is -2.28. The molecule has 4 rings (SSSR count). The van der Waals surface area contributed by atoms with Crippen molar-refractivity contribution in [2.45, 2.75) is 49.9 Å². The minimum Gasteiger partial charge on any atom is -0.761 e. The monoisotopic (exact) mass is 795 g/mol. The van der Waals surface area contributed by atoms with E-state index in [1.54, 1.807) is 26.3 Å². The lowest BCUT2D eigenvalue weighted by Crippen LogP contribution is -2.33. The van der Waals surface area contributed by atoms with Crippen LogP contribution in [0.2, 0.25) is 5.28 Å². The number of nitro benzene ring substituents is 1. The van der Waals surface area contributed by atoms with Crippen LogP contribution < -0.4 is 14.5 Å². The summed E-state index contributed by atoms with van der Waals surface area (Å²) in [6, 6.07) is 11.9. The smallest absolute Gasteiger partial charge is 0.442 e. The van der Waals surface area contributed by atoms with Crippen molar-refractivity contribution in [3.05, 3.63) is 105 Å². The van der Waals surface area contributed by atoms with Gasteiger partial charge in [-0.25, -0.2) is 36.2 Å². The molecule has 1 atom stereocenters. The summed E-state index contributed by atoms with van der Waals surface area (Å²) in [6.07, 6.45) is 1.10. The maximum absolute atomic E-state index is 15.0. The van der Waals surface area contributed by atoms with Gasteiger partial charge in [-0.15, -0.1) is 4.36 Å². The van der Waals surface area contributed by atoms with Crippen LogP contribution in [0.15, 0.2) is 76.1 Å². The Morgan fingerprint density at radius 2 is 1.79 bits per heavy atom. The Labute approximate surface area is 309 Å². The molecule has 0 bridgehead atoms. The summed E-state index contributed by atoms with van der Waals surface area (Å²) in [6.45, 7) is 4.38. The molecular weight excluding hydrogens is 762 g/mol. The van der Waals surface area contributed by atoms with Gasteiger partial charge in [0.2, 0.25) is 5.28 Å². The highest BCUT2D eigenvalue weighted by molar-refractivity contribution is 7.93. The second-order valence-electron chi connectivity index (χ2n) is 12.5. The molecule has 0 spiro atoms. The molecule has 284 valence electrons. The van der Waals surface area contributed by atoms with Crippen molar-refractivity contribution in [1.29, 1.82) is 0 Å². The number of benzene rings is 3. The van der Waals surface area contributed by atoms with Crippen LogP contribution in [0.5, 0.6) is 5.75 Å². The predicted molar refractivity (Wildman–Crippen MR) is 195 cm³/mol. The van der Waals surface area contributed by atoms with Gasteiger partial charge in [0.1, 0.15) is 27.8 Å². The van der Waals surface area contributed by atoms with Crippen LogP contribution in [0, 0.1) is 27.0 Å². The molecule has 0 aliphatic rings. The number of carbonyl (C=O) groups excluding carboxylic acids is 1. The second kappa shape index (κ2) is 16.8. The van der Waals surface area contributed by atoms with E-state index in [0.717, 1.165) is 34.8 Å².